The van der Waals surface area contributed by atoms with Gasteiger partial charge in [-0.05, 0) is 79.8 Å². The highest BCUT2D eigenvalue weighted by Crippen LogP contribution is 2.50. The van der Waals surface area contributed by atoms with Crippen LogP contribution in [0.2, 0.25) is 10.0 Å². The zero-order valence-electron chi connectivity index (χ0n) is 23.1. The van der Waals surface area contributed by atoms with Crippen molar-refractivity contribution in [1.29, 1.82) is 5.26 Å². The summed E-state index contributed by atoms with van der Waals surface area (Å²) in [7, 11) is 0. The number of ketones is 1. The van der Waals surface area contributed by atoms with E-state index in [0.29, 0.717) is 23.2 Å². The van der Waals surface area contributed by atoms with Crippen LogP contribution in [0.4, 0.5) is 23.2 Å². The molecule has 0 amide bonds. The second-order valence-corrected chi connectivity index (χ2v) is 11.3. The maximum atomic E-state index is 14.2. The van der Waals surface area contributed by atoms with Crippen LogP contribution < -0.4 is 15.4 Å². The van der Waals surface area contributed by atoms with Crippen molar-refractivity contribution in [3.05, 3.63) is 115 Å². The number of Topliss-reactive ketones (excluding diaryl/α,β-unsaturated/α-hetero) is 1. The number of nitrogens with zero attached hydrogens (tertiary/aromatic N) is 2. The van der Waals surface area contributed by atoms with Crippen molar-refractivity contribution in [1.82, 2.24) is 0 Å². The predicted molar refractivity (Wildman–Crippen MR) is 156 cm³/mol. The van der Waals surface area contributed by atoms with Gasteiger partial charge in [0, 0.05) is 22.7 Å². The first kappa shape index (κ1) is 30.5. The van der Waals surface area contributed by atoms with Gasteiger partial charge in [0.15, 0.2) is 5.78 Å². The van der Waals surface area contributed by atoms with Crippen LogP contribution in [0.3, 0.4) is 0 Å². The normalized spacial score (nSPS) is 17.2. The zero-order chi connectivity index (χ0) is 31.2. The minimum atomic E-state index is -4.78. The van der Waals surface area contributed by atoms with Gasteiger partial charge in [0.05, 0.1) is 33.8 Å². The number of benzene rings is 3. The molecule has 3 aromatic rings. The van der Waals surface area contributed by atoms with E-state index in [-0.39, 0.29) is 63.7 Å². The minimum Gasteiger partial charge on any atom is -0.487 e. The summed E-state index contributed by atoms with van der Waals surface area (Å²) in [6.45, 7) is 3.70. The van der Waals surface area contributed by atoms with E-state index in [1.807, 2.05) is 26.0 Å². The van der Waals surface area contributed by atoms with Gasteiger partial charge in [-0.2, -0.15) is 18.4 Å². The van der Waals surface area contributed by atoms with Crippen LogP contribution in [0.1, 0.15) is 53.0 Å². The van der Waals surface area contributed by atoms with Crippen molar-refractivity contribution >= 4 is 34.7 Å². The number of hydrogen-bond acceptors (Lipinski definition) is 5. The van der Waals surface area contributed by atoms with E-state index in [2.05, 4.69) is 6.07 Å². The first-order valence-corrected chi connectivity index (χ1v) is 14.1. The van der Waals surface area contributed by atoms with Gasteiger partial charge < -0.3 is 10.5 Å². The van der Waals surface area contributed by atoms with Gasteiger partial charge in [-0.25, -0.2) is 4.39 Å². The van der Waals surface area contributed by atoms with Crippen molar-refractivity contribution in [3.63, 3.8) is 0 Å². The molecule has 1 atom stereocenters. The highest BCUT2D eigenvalue weighted by Gasteiger charge is 2.44. The van der Waals surface area contributed by atoms with Crippen LogP contribution in [0, 0.1) is 31.0 Å². The molecule has 1 unspecified atom stereocenters. The highest BCUT2D eigenvalue weighted by atomic mass is 35.5. The van der Waals surface area contributed by atoms with Crippen LogP contribution in [-0.4, -0.2) is 5.78 Å². The Bertz CT molecular complexity index is 1760. The summed E-state index contributed by atoms with van der Waals surface area (Å²) in [5.74, 6) is -1.59. The van der Waals surface area contributed by atoms with Crippen molar-refractivity contribution in [2.24, 2.45) is 5.73 Å². The van der Waals surface area contributed by atoms with Crippen LogP contribution in [0.25, 0.3) is 0 Å². The maximum absolute atomic E-state index is 14.2. The molecular weight excluding hydrogens is 605 g/mol. The van der Waals surface area contributed by atoms with E-state index in [1.165, 1.54) is 29.2 Å². The molecule has 1 aliphatic carbocycles. The Morgan fingerprint density at radius 1 is 1.09 bits per heavy atom. The molecule has 2 aliphatic rings. The third-order valence-electron chi connectivity index (χ3n) is 7.71. The number of allylic oxidation sites excluding steroid dienone is 3. The van der Waals surface area contributed by atoms with E-state index >= 15 is 0 Å². The molecule has 1 heterocycles. The molecule has 222 valence electrons. The number of halogens is 6. The van der Waals surface area contributed by atoms with Gasteiger partial charge in [-0.1, -0.05) is 40.9 Å². The fourth-order valence-electron chi connectivity index (χ4n) is 5.76. The van der Waals surface area contributed by atoms with E-state index in [0.717, 1.165) is 23.3 Å². The van der Waals surface area contributed by atoms with Crippen molar-refractivity contribution in [2.75, 3.05) is 4.90 Å². The SMILES string of the molecule is Cc1cc(COc2ccc(F)cc2Cl)c(C)c(C2C(C#N)=C(N)N(c3ccc(Cl)cc3C(F)(F)F)C3=C2C(=O)CCC3)c1. The Kier molecular flexibility index (Phi) is 8.21. The summed E-state index contributed by atoms with van der Waals surface area (Å²) in [6.07, 6.45) is -3.91. The number of carbonyl (C=O) groups excluding carboxylic acids is 1. The number of anilines is 1. The predicted octanol–water partition coefficient (Wildman–Crippen LogP) is 8.65. The van der Waals surface area contributed by atoms with Gasteiger partial charge in [-0.15, -0.1) is 0 Å². The Morgan fingerprint density at radius 2 is 1.84 bits per heavy atom. The second kappa shape index (κ2) is 11.6. The number of rotatable bonds is 5. The summed E-state index contributed by atoms with van der Waals surface area (Å²) in [5, 5.41) is 10.4. The van der Waals surface area contributed by atoms with Gasteiger partial charge in [-0.3, -0.25) is 9.69 Å². The largest absolute Gasteiger partial charge is 0.487 e. The first-order chi connectivity index (χ1) is 20.3. The average Bonchev–Trinajstić information content (AvgIpc) is 2.93. The third-order valence-corrected chi connectivity index (χ3v) is 8.24. The number of aryl methyl sites for hydroxylation is 1. The Hall–Kier alpha value is -4.00. The molecule has 11 heteroatoms. The van der Waals surface area contributed by atoms with Crippen molar-refractivity contribution < 1.29 is 27.1 Å². The molecule has 0 saturated heterocycles. The Morgan fingerprint density at radius 3 is 2.51 bits per heavy atom. The number of hydrogen-bond donors (Lipinski definition) is 1. The smallest absolute Gasteiger partial charge is 0.418 e. The van der Waals surface area contributed by atoms with Crippen molar-refractivity contribution in [2.45, 2.75) is 51.8 Å². The van der Waals surface area contributed by atoms with Crippen molar-refractivity contribution in [3.8, 4) is 11.8 Å². The average molecular weight is 630 g/mol. The first-order valence-electron chi connectivity index (χ1n) is 13.3. The lowest BCUT2D eigenvalue weighted by molar-refractivity contribution is -0.137. The summed E-state index contributed by atoms with van der Waals surface area (Å²) >= 11 is 12.1. The molecular formula is C32H25Cl2F4N3O2. The molecule has 0 fully saturated rings. The molecule has 0 bridgehead atoms. The monoisotopic (exact) mass is 629 g/mol. The van der Waals surface area contributed by atoms with E-state index in [9.17, 15) is 27.6 Å². The second-order valence-electron chi connectivity index (χ2n) is 10.5. The van der Waals surface area contributed by atoms with E-state index < -0.39 is 23.5 Å². The molecule has 0 spiro atoms. The molecule has 43 heavy (non-hydrogen) atoms. The lowest BCUT2D eigenvalue weighted by atomic mass is 9.73. The molecule has 5 nitrogen and oxygen atoms in total. The molecule has 0 saturated carbocycles. The fourth-order valence-corrected chi connectivity index (χ4v) is 6.16. The van der Waals surface area contributed by atoms with Gasteiger partial charge >= 0.3 is 6.18 Å². The van der Waals surface area contributed by atoms with Gasteiger partial charge in [0.25, 0.3) is 0 Å². The molecule has 0 radical (unpaired) electrons. The summed E-state index contributed by atoms with van der Waals surface area (Å²) in [6, 6.07) is 12.9. The third kappa shape index (κ3) is 5.69. The highest BCUT2D eigenvalue weighted by molar-refractivity contribution is 6.32. The minimum absolute atomic E-state index is 0.0424. The lowest BCUT2D eigenvalue weighted by Crippen LogP contribution is -2.39. The van der Waals surface area contributed by atoms with E-state index in [1.54, 1.807) is 0 Å². The zero-order valence-corrected chi connectivity index (χ0v) is 24.6. The number of alkyl halides is 3. The molecule has 5 rings (SSSR count). The molecule has 3 aromatic carbocycles. The topological polar surface area (TPSA) is 79.3 Å². The van der Waals surface area contributed by atoms with Gasteiger partial charge in [0.1, 0.15) is 24.0 Å². The molecule has 0 aromatic heterocycles. The molecule has 1 aliphatic heterocycles. The van der Waals surface area contributed by atoms with Crippen LogP contribution in [0.5, 0.6) is 5.75 Å². The summed E-state index contributed by atoms with van der Waals surface area (Å²) in [4.78, 5) is 14.8. The lowest BCUT2D eigenvalue weighted by Gasteiger charge is -2.41. The summed E-state index contributed by atoms with van der Waals surface area (Å²) in [5.41, 5.74) is 8.55. The number of carbonyl (C=O) groups is 1. The fraction of sp³-hybridized carbons (Fsp3) is 0.250. The van der Waals surface area contributed by atoms with E-state index in [4.69, 9.17) is 33.7 Å². The maximum Gasteiger partial charge on any atom is 0.418 e. The number of nitriles is 1. The van der Waals surface area contributed by atoms with Gasteiger partial charge in [0.2, 0.25) is 0 Å². The Labute approximate surface area is 255 Å². The standard InChI is InChI=1S/C32H25Cl2F4N3O2/c1-16-10-18(15-43-28-9-7-20(35)13-24(28)34)17(2)21(11-16)29-22(14-39)31(40)41(26-4-3-5-27(42)30(26)29)25-8-6-19(33)12-23(25)32(36,37)38/h6-13,29H,3-5,15,40H2,1-2H3. The number of ether oxygens (including phenoxy) is 1. The van der Waals surface area contributed by atoms with Crippen LogP contribution >= 0.6 is 23.2 Å². The summed E-state index contributed by atoms with van der Waals surface area (Å²) < 4.78 is 61.9. The number of nitrogens with two attached hydrogens (primary N) is 1. The molecule has 2 N–H and O–H groups in total. The quantitative estimate of drug-likeness (QED) is 0.286. The Balaban J connectivity index is 1.67. The van der Waals surface area contributed by atoms with Crippen LogP contribution in [-0.2, 0) is 17.6 Å². The van der Waals surface area contributed by atoms with Crippen LogP contribution in [0.15, 0.2) is 71.2 Å².